The molecule has 0 aliphatic heterocycles. The topological polar surface area (TPSA) is 69.6 Å². The number of halogens is 1. The average Bonchev–Trinajstić information content (AvgIpc) is 2.48. The number of carbonyl (C=O) groups excluding carboxylic acids is 1. The number of carbonyl (C=O) groups is 2. The lowest BCUT2D eigenvalue weighted by atomic mass is 10.1. The van der Waals surface area contributed by atoms with Crippen LogP contribution in [-0.2, 0) is 16.1 Å². The van der Waals surface area contributed by atoms with E-state index in [1.807, 2.05) is 31.2 Å². The third kappa shape index (κ3) is 5.77. The van der Waals surface area contributed by atoms with Crippen LogP contribution < -0.4 is 5.32 Å². The van der Waals surface area contributed by atoms with E-state index < -0.39 is 18.1 Å². The molecule has 0 aliphatic carbocycles. The van der Waals surface area contributed by atoms with Gasteiger partial charge in [-0.15, -0.1) is 0 Å². The molecule has 1 aromatic rings. The molecular formula is C16H23BrN2O3. The van der Waals surface area contributed by atoms with E-state index in [-0.39, 0.29) is 5.91 Å². The Bertz CT molecular complexity index is 505. The van der Waals surface area contributed by atoms with Gasteiger partial charge in [0.1, 0.15) is 6.04 Å². The molecule has 0 bridgehead atoms. The second-order valence-corrected chi connectivity index (χ2v) is 6.30. The van der Waals surface area contributed by atoms with E-state index >= 15 is 0 Å². The quantitative estimate of drug-likeness (QED) is 0.737. The molecule has 5 nitrogen and oxygen atoms in total. The molecule has 2 unspecified atom stereocenters. The molecule has 22 heavy (non-hydrogen) atoms. The molecule has 0 spiro atoms. The fraction of sp³-hybridized carbons (Fsp3) is 0.500. The number of likely N-dealkylation sites (N-methyl/N-ethyl adjacent to an activating group) is 1. The van der Waals surface area contributed by atoms with Gasteiger partial charge in [-0.3, -0.25) is 14.9 Å². The Morgan fingerprint density at radius 1 is 1.32 bits per heavy atom. The number of carboxylic acid groups (broad SMARTS) is 1. The molecule has 122 valence electrons. The first-order valence-electron chi connectivity index (χ1n) is 7.33. The van der Waals surface area contributed by atoms with Gasteiger partial charge in [-0.05, 0) is 31.0 Å². The van der Waals surface area contributed by atoms with E-state index in [0.717, 1.165) is 16.5 Å². The summed E-state index contributed by atoms with van der Waals surface area (Å²) in [4.78, 5) is 25.1. The highest BCUT2D eigenvalue weighted by Crippen LogP contribution is 2.12. The number of benzene rings is 1. The van der Waals surface area contributed by atoms with E-state index in [2.05, 4.69) is 21.2 Å². The Morgan fingerprint density at radius 3 is 2.41 bits per heavy atom. The van der Waals surface area contributed by atoms with Gasteiger partial charge < -0.3 is 10.0 Å². The third-order valence-corrected chi connectivity index (χ3v) is 3.93. The average molecular weight is 371 g/mol. The van der Waals surface area contributed by atoms with Crippen LogP contribution in [0.1, 0.15) is 32.3 Å². The van der Waals surface area contributed by atoms with Crippen LogP contribution in [0.25, 0.3) is 0 Å². The van der Waals surface area contributed by atoms with Crippen molar-refractivity contribution in [3.63, 3.8) is 0 Å². The van der Waals surface area contributed by atoms with Gasteiger partial charge >= 0.3 is 5.97 Å². The molecule has 1 rings (SSSR count). The minimum absolute atomic E-state index is 0.120. The molecule has 0 saturated carbocycles. The molecule has 1 amide bonds. The second kappa shape index (κ2) is 8.90. The molecule has 6 heteroatoms. The predicted octanol–water partition coefficient (Wildman–Crippen LogP) is 2.64. The molecule has 2 atom stereocenters. The summed E-state index contributed by atoms with van der Waals surface area (Å²) in [5.41, 5.74) is 1.02. The predicted molar refractivity (Wildman–Crippen MR) is 89.5 cm³/mol. The highest BCUT2D eigenvalue weighted by Gasteiger charge is 2.24. The maximum atomic E-state index is 12.3. The zero-order valence-electron chi connectivity index (χ0n) is 13.2. The molecule has 1 aromatic carbocycles. The van der Waals surface area contributed by atoms with Crippen LogP contribution in [0.4, 0.5) is 0 Å². The van der Waals surface area contributed by atoms with Crippen molar-refractivity contribution in [2.45, 2.75) is 45.3 Å². The summed E-state index contributed by atoms with van der Waals surface area (Å²) >= 11 is 3.37. The van der Waals surface area contributed by atoms with E-state index in [0.29, 0.717) is 13.0 Å². The van der Waals surface area contributed by atoms with Crippen LogP contribution >= 0.6 is 15.9 Å². The monoisotopic (exact) mass is 370 g/mol. The SMILES string of the molecule is CCCC(NC(C)C(=O)N(C)Cc1ccc(Br)cc1)C(=O)O. The number of nitrogens with zero attached hydrogens (tertiary/aromatic N) is 1. The van der Waals surface area contributed by atoms with E-state index in [1.165, 1.54) is 0 Å². The number of hydrogen-bond donors (Lipinski definition) is 2. The summed E-state index contributed by atoms with van der Waals surface area (Å²) in [6.45, 7) is 4.11. The smallest absolute Gasteiger partial charge is 0.320 e. The van der Waals surface area contributed by atoms with Gasteiger partial charge in [-0.2, -0.15) is 0 Å². The van der Waals surface area contributed by atoms with E-state index in [4.69, 9.17) is 5.11 Å². The largest absolute Gasteiger partial charge is 0.480 e. The minimum Gasteiger partial charge on any atom is -0.480 e. The first kappa shape index (κ1) is 18.6. The minimum atomic E-state index is -0.919. The summed E-state index contributed by atoms with van der Waals surface area (Å²) in [5, 5.41) is 12.0. The molecule has 2 N–H and O–H groups in total. The van der Waals surface area contributed by atoms with E-state index in [1.54, 1.807) is 18.9 Å². The fourth-order valence-corrected chi connectivity index (χ4v) is 2.48. The standard InChI is InChI=1S/C16H23BrN2O3/c1-4-5-14(16(21)22)18-11(2)15(20)19(3)10-12-6-8-13(17)9-7-12/h6-9,11,14,18H,4-5,10H2,1-3H3,(H,21,22). The van der Waals surface area contributed by atoms with Crippen LogP contribution in [0.5, 0.6) is 0 Å². The lowest BCUT2D eigenvalue weighted by Crippen LogP contribution is -2.49. The maximum Gasteiger partial charge on any atom is 0.320 e. The Morgan fingerprint density at radius 2 is 1.91 bits per heavy atom. The van der Waals surface area contributed by atoms with Crippen molar-refractivity contribution in [3.8, 4) is 0 Å². The van der Waals surface area contributed by atoms with Gasteiger partial charge in [-0.1, -0.05) is 41.4 Å². The van der Waals surface area contributed by atoms with E-state index in [9.17, 15) is 9.59 Å². The number of hydrogen-bond acceptors (Lipinski definition) is 3. The summed E-state index contributed by atoms with van der Waals surface area (Å²) in [6.07, 6.45) is 1.25. The van der Waals surface area contributed by atoms with Crippen molar-refractivity contribution in [1.29, 1.82) is 0 Å². The summed E-state index contributed by atoms with van der Waals surface area (Å²) in [5.74, 6) is -1.04. The van der Waals surface area contributed by atoms with Crippen molar-refractivity contribution in [2.75, 3.05) is 7.05 Å². The van der Waals surface area contributed by atoms with Gasteiger partial charge in [0.25, 0.3) is 0 Å². The van der Waals surface area contributed by atoms with Crippen LogP contribution in [0, 0.1) is 0 Å². The first-order chi connectivity index (χ1) is 10.3. The molecule has 0 aromatic heterocycles. The summed E-state index contributed by atoms with van der Waals surface area (Å²) < 4.78 is 0.990. The Balaban J connectivity index is 2.60. The van der Waals surface area contributed by atoms with Gasteiger partial charge in [0.15, 0.2) is 0 Å². The van der Waals surface area contributed by atoms with Crippen LogP contribution in [0.2, 0.25) is 0 Å². The molecule has 0 fully saturated rings. The number of carboxylic acids is 1. The molecule has 0 radical (unpaired) electrons. The Labute approximate surface area is 139 Å². The summed E-state index contributed by atoms with van der Waals surface area (Å²) in [7, 11) is 1.72. The molecule has 0 heterocycles. The summed E-state index contributed by atoms with van der Waals surface area (Å²) in [6, 6.07) is 6.53. The van der Waals surface area contributed by atoms with Crippen LogP contribution in [0.15, 0.2) is 28.7 Å². The number of amides is 1. The zero-order chi connectivity index (χ0) is 16.7. The lowest BCUT2D eigenvalue weighted by molar-refractivity contribution is -0.140. The maximum absolute atomic E-state index is 12.3. The Kier molecular flexibility index (Phi) is 7.55. The van der Waals surface area contributed by atoms with Crippen molar-refractivity contribution >= 4 is 27.8 Å². The highest BCUT2D eigenvalue weighted by atomic mass is 79.9. The van der Waals surface area contributed by atoms with Crippen molar-refractivity contribution < 1.29 is 14.7 Å². The molecule has 0 aliphatic rings. The van der Waals surface area contributed by atoms with Crippen molar-refractivity contribution in [3.05, 3.63) is 34.3 Å². The lowest BCUT2D eigenvalue weighted by Gasteiger charge is -2.24. The first-order valence-corrected chi connectivity index (χ1v) is 8.12. The second-order valence-electron chi connectivity index (χ2n) is 5.39. The van der Waals surface area contributed by atoms with Gasteiger partial charge in [-0.25, -0.2) is 0 Å². The fourth-order valence-electron chi connectivity index (χ4n) is 2.21. The molecule has 0 saturated heterocycles. The number of rotatable bonds is 8. The van der Waals surface area contributed by atoms with Crippen LogP contribution in [-0.4, -0.2) is 41.0 Å². The zero-order valence-corrected chi connectivity index (χ0v) is 14.8. The number of aliphatic carboxylic acids is 1. The Hall–Kier alpha value is -1.40. The highest BCUT2D eigenvalue weighted by molar-refractivity contribution is 9.10. The van der Waals surface area contributed by atoms with Crippen molar-refractivity contribution in [1.82, 2.24) is 10.2 Å². The van der Waals surface area contributed by atoms with Gasteiger partial charge in [0.05, 0.1) is 6.04 Å². The molecular weight excluding hydrogens is 348 g/mol. The van der Waals surface area contributed by atoms with Crippen LogP contribution in [0.3, 0.4) is 0 Å². The van der Waals surface area contributed by atoms with Crippen molar-refractivity contribution in [2.24, 2.45) is 0 Å². The van der Waals surface area contributed by atoms with Gasteiger partial charge in [0.2, 0.25) is 5.91 Å². The van der Waals surface area contributed by atoms with Gasteiger partial charge in [0, 0.05) is 18.1 Å². The third-order valence-electron chi connectivity index (χ3n) is 3.41. The normalized spacial score (nSPS) is 13.5. The number of nitrogens with one attached hydrogen (secondary N) is 1.